The van der Waals surface area contributed by atoms with Crippen LogP contribution in [0.25, 0.3) is 0 Å². The summed E-state index contributed by atoms with van der Waals surface area (Å²) in [6, 6.07) is 0. The lowest BCUT2D eigenvalue weighted by atomic mass is 10.2. The van der Waals surface area contributed by atoms with Gasteiger partial charge in [-0.1, -0.05) is 20.3 Å². The normalized spacial score (nSPS) is 14.2. The van der Waals surface area contributed by atoms with Crippen molar-refractivity contribution in [1.82, 2.24) is 29.9 Å². The molecular weight excluding hydrogens is 302 g/mol. The third kappa shape index (κ3) is 3.88. The van der Waals surface area contributed by atoms with Crippen LogP contribution in [-0.4, -0.2) is 36.5 Å². The molecule has 0 radical (unpaired) electrons. The number of anilines is 1. The second kappa shape index (κ2) is 8.17. The number of hydrogen-bond donors (Lipinski definition) is 1. The summed E-state index contributed by atoms with van der Waals surface area (Å²) < 4.78 is 2.32. The summed E-state index contributed by atoms with van der Waals surface area (Å²) in [5.41, 5.74) is 2.03. The van der Waals surface area contributed by atoms with Crippen LogP contribution in [-0.2, 0) is 32.2 Å². The molecule has 0 saturated heterocycles. The lowest BCUT2D eigenvalue weighted by Gasteiger charge is -2.09. The molecule has 0 bridgehead atoms. The molecule has 2 aromatic heterocycles. The van der Waals surface area contributed by atoms with Crippen LogP contribution >= 0.6 is 0 Å². The highest BCUT2D eigenvalue weighted by Crippen LogP contribution is 2.15. The fourth-order valence-electron chi connectivity index (χ4n) is 3.19. The minimum atomic E-state index is 0.629. The predicted octanol–water partition coefficient (Wildman–Crippen LogP) is 2.36. The van der Waals surface area contributed by atoms with Gasteiger partial charge >= 0.3 is 0 Å². The van der Waals surface area contributed by atoms with Crippen molar-refractivity contribution in [1.29, 1.82) is 0 Å². The molecule has 1 aliphatic heterocycles. The highest BCUT2D eigenvalue weighted by atomic mass is 15.3. The van der Waals surface area contributed by atoms with Crippen molar-refractivity contribution in [2.24, 2.45) is 0 Å². The van der Waals surface area contributed by atoms with Crippen LogP contribution in [0.4, 0.5) is 5.95 Å². The number of aromatic nitrogens is 6. The topological polar surface area (TPSA) is 81.4 Å². The third-order valence-corrected chi connectivity index (χ3v) is 4.56. The van der Waals surface area contributed by atoms with Gasteiger partial charge in [0.05, 0.1) is 11.4 Å². The van der Waals surface area contributed by atoms with Gasteiger partial charge in [-0.3, -0.25) is 0 Å². The van der Waals surface area contributed by atoms with Gasteiger partial charge in [0, 0.05) is 25.9 Å². The van der Waals surface area contributed by atoms with Gasteiger partial charge in [-0.15, -0.1) is 15.3 Å². The first-order valence-electron chi connectivity index (χ1n) is 9.19. The van der Waals surface area contributed by atoms with E-state index in [-0.39, 0.29) is 0 Å². The summed E-state index contributed by atoms with van der Waals surface area (Å²) >= 11 is 0. The molecule has 24 heavy (non-hydrogen) atoms. The summed E-state index contributed by atoms with van der Waals surface area (Å²) in [6.45, 7) is 6.07. The molecule has 7 nitrogen and oxygen atoms in total. The molecule has 0 fully saturated rings. The summed E-state index contributed by atoms with van der Waals surface area (Å²) in [4.78, 5) is 4.56. The standard InChI is InChI=1S/C17H27N7/c1-3-13-14(4-2)20-23-17(19-13)18-11-8-10-16-22-21-15-9-6-5-7-12-24(15)16/h3-12H2,1-2H3,(H,18,19,23). The maximum absolute atomic E-state index is 4.56. The average molecular weight is 329 g/mol. The van der Waals surface area contributed by atoms with Crippen molar-refractivity contribution in [2.45, 2.75) is 71.8 Å². The summed E-state index contributed by atoms with van der Waals surface area (Å²) in [6.07, 6.45) is 8.51. The molecule has 0 saturated carbocycles. The Labute approximate surface area is 143 Å². The molecule has 2 aromatic rings. The van der Waals surface area contributed by atoms with E-state index in [4.69, 9.17) is 0 Å². The Morgan fingerprint density at radius 2 is 1.83 bits per heavy atom. The largest absolute Gasteiger partial charge is 0.353 e. The van der Waals surface area contributed by atoms with E-state index in [1.54, 1.807) is 0 Å². The number of fused-ring (bicyclic) bond motifs is 1. The molecule has 7 heteroatoms. The zero-order chi connectivity index (χ0) is 16.8. The fourth-order valence-corrected chi connectivity index (χ4v) is 3.19. The van der Waals surface area contributed by atoms with Crippen molar-refractivity contribution in [3.8, 4) is 0 Å². The molecule has 3 rings (SSSR count). The van der Waals surface area contributed by atoms with Gasteiger partial charge in [-0.05, 0) is 32.1 Å². The van der Waals surface area contributed by atoms with Crippen LogP contribution in [0.2, 0.25) is 0 Å². The van der Waals surface area contributed by atoms with Crippen LogP contribution in [0.5, 0.6) is 0 Å². The Bertz CT molecular complexity index is 665. The Morgan fingerprint density at radius 1 is 0.958 bits per heavy atom. The van der Waals surface area contributed by atoms with Crippen molar-refractivity contribution >= 4 is 5.95 Å². The second-order valence-corrected chi connectivity index (χ2v) is 6.26. The minimum Gasteiger partial charge on any atom is -0.353 e. The van der Waals surface area contributed by atoms with Crippen molar-refractivity contribution in [2.75, 3.05) is 11.9 Å². The Kier molecular flexibility index (Phi) is 5.72. The van der Waals surface area contributed by atoms with Gasteiger partial charge in [-0.2, -0.15) is 5.10 Å². The highest BCUT2D eigenvalue weighted by molar-refractivity contribution is 5.25. The smallest absolute Gasteiger partial charge is 0.242 e. The number of hydrogen-bond acceptors (Lipinski definition) is 6. The van der Waals surface area contributed by atoms with Gasteiger partial charge in [0.2, 0.25) is 5.95 Å². The fraction of sp³-hybridized carbons (Fsp3) is 0.706. The third-order valence-electron chi connectivity index (χ3n) is 4.56. The lowest BCUT2D eigenvalue weighted by molar-refractivity contribution is 0.599. The molecule has 0 aliphatic carbocycles. The van der Waals surface area contributed by atoms with Gasteiger partial charge < -0.3 is 9.88 Å². The van der Waals surface area contributed by atoms with Crippen LogP contribution in [0.1, 0.15) is 62.6 Å². The van der Waals surface area contributed by atoms with Gasteiger partial charge in [0.15, 0.2) is 0 Å². The SMILES string of the molecule is CCc1nnc(NCCCc2nnc3n2CCCCC3)nc1CC. The van der Waals surface area contributed by atoms with E-state index in [1.807, 2.05) is 0 Å². The Hall–Kier alpha value is -2.05. The summed E-state index contributed by atoms with van der Waals surface area (Å²) in [5, 5.41) is 20.4. The van der Waals surface area contributed by atoms with Gasteiger partial charge in [0.25, 0.3) is 0 Å². The van der Waals surface area contributed by atoms with E-state index < -0.39 is 0 Å². The van der Waals surface area contributed by atoms with Crippen LogP contribution < -0.4 is 5.32 Å². The molecule has 0 atom stereocenters. The lowest BCUT2D eigenvalue weighted by Crippen LogP contribution is -2.12. The van der Waals surface area contributed by atoms with E-state index in [0.717, 1.165) is 68.2 Å². The zero-order valence-electron chi connectivity index (χ0n) is 14.8. The molecule has 0 spiro atoms. The van der Waals surface area contributed by atoms with Crippen molar-refractivity contribution < 1.29 is 0 Å². The first-order chi connectivity index (χ1) is 11.8. The van der Waals surface area contributed by atoms with E-state index >= 15 is 0 Å². The molecule has 0 aromatic carbocycles. The Morgan fingerprint density at radius 3 is 2.67 bits per heavy atom. The average Bonchev–Trinajstić information content (AvgIpc) is 2.85. The monoisotopic (exact) mass is 329 g/mol. The molecule has 130 valence electrons. The Balaban J connectivity index is 1.52. The highest BCUT2D eigenvalue weighted by Gasteiger charge is 2.14. The summed E-state index contributed by atoms with van der Waals surface area (Å²) in [5.74, 6) is 2.90. The second-order valence-electron chi connectivity index (χ2n) is 6.26. The molecule has 1 aliphatic rings. The summed E-state index contributed by atoms with van der Waals surface area (Å²) in [7, 11) is 0. The van der Waals surface area contributed by atoms with E-state index in [1.165, 1.54) is 19.3 Å². The van der Waals surface area contributed by atoms with Crippen LogP contribution in [0.15, 0.2) is 0 Å². The van der Waals surface area contributed by atoms with Crippen molar-refractivity contribution in [3.63, 3.8) is 0 Å². The molecule has 0 amide bonds. The van der Waals surface area contributed by atoms with Gasteiger partial charge in [-0.25, -0.2) is 4.98 Å². The van der Waals surface area contributed by atoms with E-state index in [9.17, 15) is 0 Å². The minimum absolute atomic E-state index is 0.629. The number of aryl methyl sites for hydroxylation is 4. The number of nitrogens with one attached hydrogen (secondary N) is 1. The van der Waals surface area contributed by atoms with E-state index in [2.05, 4.69) is 49.1 Å². The van der Waals surface area contributed by atoms with Gasteiger partial charge in [0.1, 0.15) is 11.6 Å². The molecule has 0 unspecified atom stereocenters. The molecule has 1 N–H and O–H groups in total. The first kappa shape index (κ1) is 16.8. The first-order valence-corrected chi connectivity index (χ1v) is 9.19. The van der Waals surface area contributed by atoms with Crippen LogP contribution in [0, 0.1) is 0 Å². The molecular formula is C17H27N7. The molecule has 3 heterocycles. The number of rotatable bonds is 7. The quantitative estimate of drug-likeness (QED) is 0.785. The van der Waals surface area contributed by atoms with Crippen LogP contribution in [0.3, 0.4) is 0 Å². The predicted molar refractivity (Wildman–Crippen MR) is 93.0 cm³/mol. The number of nitrogens with zero attached hydrogens (tertiary/aromatic N) is 6. The van der Waals surface area contributed by atoms with E-state index in [0.29, 0.717) is 5.95 Å². The van der Waals surface area contributed by atoms with Crippen molar-refractivity contribution in [3.05, 3.63) is 23.0 Å². The zero-order valence-corrected chi connectivity index (χ0v) is 14.8. The maximum Gasteiger partial charge on any atom is 0.242 e. The maximum atomic E-state index is 4.56.